The molecule has 1 heterocycles. The molecule has 0 amide bonds. The predicted octanol–water partition coefficient (Wildman–Crippen LogP) is 4.62. The van der Waals surface area contributed by atoms with Gasteiger partial charge in [-0.25, -0.2) is 0 Å². The van der Waals surface area contributed by atoms with Crippen LogP contribution in [0.3, 0.4) is 0 Å². The molecule has 118 valence electrons. The van der Waals surface area contributed by atoms with E-state index in [0.717, 1.165) is 12.5 Å². The summed E-state index contributed by atoms with van der Waals surface area (Å²) in [5.41, 5.74) is 3.22. The first kappa shape index (κ1) is 16.4. The van der Waals surface area contributed by atoms with Crippen molar-refractivity contribution >= 4 is 5.69 Å². The average molecular weight is 288 g/mol. The van der Waals surface area contributed by atoms with Gasteiger partial charge < -0.3 is 10.2 Å². The molecular formula is C19H32N2. The molecule has 1 aromatic carbocycles. The molecule has 1 aromatic rings. The van der Waals surface area contributed by atoms with E-state index in [4.69, 9.17) is 0 Å². The van der Waals surface area contributed by atoms with Crippen LogP contribution in [0.15, 0.2) is 24.3 Å². The van der Waals surface area contributed by atoms with Crippen molar-refractivity contribution in [1.82, 2.24) is 5.32 Å². The summed E-state index contributed by atoms with van der Waals surface area (Å²) in [5, 5.41) is 3.47. The molecule has 2 rings (SSSR count). The maximum absolute atomic E-state index is 3.47. The summed E-state index contributed by atoms with van der Waals surface area (Å²) in [5.74, 6) is 0.863. The molecule has 1 aliphatic rings. The second-order valence-corrected chi connectivity index (χ2v) is 7.50. The molecule has 1 unspecified atom stereocenters. The molecule has 1 N–H and O–H groups in total. The fourth-order valence-corrected chi connectivity index (χ4v) is 3.40. The van der Waals surface area contributed by atoms with Gasteiger partial charge >= 0.3 is 0 Å². The highest BCUT2D eigenvalue weighted by Gasteiger charge is 2.28. The Morgan fingerprint density at radius 1 is 1.14 bits per heavy atom. The van der Waals surface area contributed by atoms with E-state index in [2.05, 4.69) is 69.1 Å². The third kappa shape index (κ3) is 4.23. The van der Waals surface area contributed by atoms with Crippen LogP contribution in [0.25, 0.3) is 0 Å². The van der Waals surface area contributed by atoms with Crippen LogP contribution in [0, 0.1) is 11.3 Å². The number of nitrogens with one attached hydrogen (secondary N) is 1. The third-order valence-electron chi connectivity index (χ3n) is 4.99. The van der Waals surface area contributed by atoms with Gasteiger partial charge in [0.2, 0.25) is 0 Å². The Morgan fingerprint density at radius 3 is 2.19 bits per heavy atom. The Labute approximate surface area is 130 Å². The molecule has 1 fully saturated rings. The van der Waals surface area contributed by atoms with E-state index in [1.165, 1.54) is 37.2 Å². The minimum Gasteiger partial charge on any atom is -0.372 e. The Bertz CT molecular complexity index is 422. The first-order valence-corrected chi connectivity index (χ1v) is 8.50. The van der Waals surface area contributed by atoms with Crippen molar-refractivity contribution < 1.29 is 0 Å². The van der Waals surface area contributed by atoms with Gasteiger partial charge in [0, 0.05) is 24.8 Å². The van der Waals surface area contributed by atoms with Crippen LogP contribution in [-0.4, -0.2) is 19.6 Å². The summed E-state index contributed by atoms with van der Waals surface area (Å²) in [4.78, 5) is 2.55. The lowest BCUT2D eigenvalue weighted by Crippen LogP contribution is -2.38. The zero-order valence-electron chi connectivity index (χ0n) is 14.4. The fraction of sp³-hybridized carbons (Fsp3) is 0.684. The van der Waals surface area contributed by atoms with Gasteiger partial charge in [-0.15, -0.1) is 0 Å². The van der Waals surface area contributed by atoms with E-state index in [1.54, 1.807) is 0 Å². The van der Waals surface area contributed by atoms with Gasteiger partial charge in [0.15, 0.2) is 0 Å². The van der Waals surface area contributed by atoms with Crippen molar-refractivity contribution in [2.45, 2.75) is 53.5 Å². The largest absolute Gasteiger partial charge is 0.372 e. The maximum Gasteiger partial charge on any atom is 0.0366 e. The number of hydrogen-bond acceptors (Lipinski definition) is 2. The Balaban J connectivity index is 1.95. The van der Waals surface area contributed by atoms with E-state index in [0.29, 0.717) is 11.5 Å². The summed E-state index contributed by atoms with van der Waals surface area (Å²) < 4.78 is 0. The van der Waals surface area contributed by atoms with Gasteiger partial charge in [-0.2, -0.15) is 0 Å². The van der Waals surface area contributed by atoms with E-state index >= 15 is 0 Å². The number of hydrogen-bond donors (Lipinski definition) is 1. The Morgan fingerprint density at radius 2 is 1.71 bits per heavy atom. The zero-order chi connectivity index (χ0) is 15.5. The molecule has 0 saturated carbocycles. The lowest BCUT2D eigenvalue weighted by molar-refractivity contribution is 0.199. The number of rotatable bonds is 4. The summed E-state index contributed by atoms with van der Waals surface area (Å²) in [7, 11) is 0. The molecule has 1 aliphatic heterocycles. The smallest absolute Gasteiger partial charge is 0.0366 e. The quantitative estimate of drug-likeness (QED) is 0.869. The molecule has 1 atom stereocenters. The van der Waals surface area contributed by atoms with Crippen molar-refractivity contribution in [3.8, 4) is 0 Å². The van der Waals surface area contributed by atoms with Crippen molar-refractivity contribution in [2.75, 3.05) is 24.5 Å². The van der Waals surface area contributed by atoms with Crippen molar-refractivity contribution in [2.24, 2.45) is 11.3 Å². The molecule has 2 heteroatoms. The summed E-state index contributed by atoms with van der Waals surface area (Å²) in [6.45, 7) is 14.9. The minimum absolute atomic E-state index is 0.440. The number of piperidine rings is 1. The van der Waals surface area contributed by atoms with Crippen LogP contribution in [0.1, 0.15) is 59.1 Å². The fourth-order valence-electron chi connectivity index (χ4n) is 3.40. The highest BCUT2D eigenvalue weighted by Crippen LogP contribution is 2.35. The van der Waals surface area contributed by atoms with Crippen molar-refractivity contribution in [1.29, 1.82) is 0 Å². The van der Waals surface area contributed by atoms with E-state index in [-0.39, 0.29) is 0 Å². The zero-order valence-corrected chi connectivity index (χ0v) is 14.4. The highest BCUT2D eigenvalue weighted by atomic mass is 15.1. The molecule has 1 saturated heterocycles. The van der Waals surface area contributed by atoms with Crippen molar-refractivity contribution in [3.63, 3.8) is 0 Å². The average Bonchev–Trinajstić information content (AvgIpc) is 2.47. The number of benzene rings is 1. The van der Waals surface area contributed by atoms with Gasteiger partial charge in [0.1, 0.15) is 0 Å². The Kier molecular flexibility index (Phi) is 5.32. The van der Waals surface area contributed by atoms with Gasteiger partial charge in [-0.1, -0.05) is 39.8 Å². The van der Waals surface area contributed by atoms with E-state index in [1.807, 2.05) is 0 Å². The topological polar surface area (TPSA) is 15.3 Å². The van der Waals surface area contributed by atoms with E-state index < -0.39 is 0 Å². The van der Waals surface area contributed by atoms with Gasteiger partial charge in [0.25, 0.3) is 0 Å². The second kappa shape index (κ2) is 6.83. The minimum atomic E-state index is 0.440. The van der Waals surface area contributed by atoms with Gasteiger partial charge in [-0.05, 0) is 55.3 Å². The molecule has 0 spiro atoms. The van der Waals surface area contributed by atoms with Gasteiger partial charge in [-0.3, -0.25) is 0 Å². The molecular weight excluding hydrogens is 256 g/mol. The van der Waals surface area contributed by atoms with Gasteiger partial charge in [0.05, 0.1) is 0 Å². The SMILES string of the molecule is CCNC(C)c1ccc(N2CCC(C(C)(C)C)CC2)cc1. The molecule has 0 bridgehead atoms. The van der Waals surface area contributed by atoms with Crippen molar-refractivity contribution in [3.05, 3.63) is 29.8 Å². The maximum atomic E-state index is 3.47. The lowest BCUT2D eigenvalue weighted by atomic mass is 9.75. The molecule has 2 nitrogen and oxygen atoms in total. The molecule has 0 radical (unpaired) electrons. The first-order valence-electron chi connectivity index (χ1n) is 8.50. The first-order chi connectivity index (χ1) is 9.91. The summed E-state index contributed by atoms with van der Waals surface area (Å²) in [6, 6.07) is 9.58. The van der Waals surface area contributed by atoms with Crippen LogP contribution in [0.2, 0.25) is 0 Å². The van der Waals surface area contributed by atoms with E-state index in [9.17, 15) is 0 Å². The van der Waals surface area contributed by atoms with Crippen LogP contribution in [-0.2, 0) is 0 Å². The lowest BCUT2D eigenvalue weighted by Gasteiger charge is -2.39. The highest BCUT2D eigenvalue weighted by molar-refractivity contribution is 5.48. The Hall–Kier alpha value is -1.02. The van der Waals surface area contributed by atoms with Crippen LogP contribution in [0.5, 0.6) is 0 Å². The number of nitrogens with zero attached hydrogens (tertiary/aromatic N) is 1. The van der Waals surface area contributed by atoms with Crippen LogP contribution >= 0.6 is 0 Å². The summed E-state index contributed by atoms with van der Waals surface area (Å²) in [6.07, 6.45) is 2.64. The normalized spacial score (nSPS) is 18.8. The predicted molar refractivity (Wildman–Crippen MR) is 92.9 cm³/mol. The molecule has 0 aromatic heterocycles. The summed E-state index contributed by atoms with van der Waals surface area (Å²) >= 11 is 0. The number of anilines is 1. The van der Waals surface area contributed by atoms with Crippen LogP contribution < -0.4 is 10.2 Å². The standard InChI is InChI=1S/C19H32N2/c1-6-20-15(2)16-7-9-18(10-8-16)21-13-11-17(12-14-21)19(3,4)5/h7-10,15,17,20H,6,11-14H2,1-5H3. The molecule has 0 aliphatic carbocycles. The second-order valence-electron chi connectivity index (χ2n) is 7.50. The monoisotopic (exact) mass is 288 g/mol. The molecule has 21 heavy (non-hydrogen) atoms. The third-order valence-corrected chi connectivity index (χ3v) is 4.99. The van der Waals surface area contributed by atoms with Crippen LogP contribution in [0.4, 0.5) is 5.69 Å².